The fourth-order valence-corrected chi connectivity index (χ4v) is 1.70. The lowest BCUT2D eigenvalue weighted by atomic mass is 10.2. The van der Waals surface area contributed by atoms with Crippen LogP contribution < -0.4 is 5.32 Å². The van der Waals surface area contributed by atoms with Crippen LogP contribution in [0.4, 0.5) is 10.1 Å². The number of aliphatic carboxylic acids is 1. The Balaban J connectivity index is 2.74. The summed E-state index contributed by atoms with van der Waals surface area (Å²) in [5.74, 6) is -1.30. The van der Waals surface area contributed by atoms with Crippen molar-refractivity contribution >= 4 is 27.6 Å². The zero-order valence-electron chi connectivity index (χ0n) is 9.55. The summed E-state index contributed by atoms with van der Waals surface area (Å²) in [6.07, 6.45) is 1.54. The van der Waals surface area contributed by atoms with Gasteiger partial charge in [0.2, 0.25) is 0 Å². The van der Waals surface area contributed by atoms with E-state index < -0.39 is 5.97 Å². The number of rotatable bonds is 4. The zero-order valence-corrected chi connectivity index (χ0v) is 11.1. The quantitative estimate of drug-likeness (QED) is 0.839. The lowest BCUT2D eigenvalue weighted by Crippen LogP contribution is -2.04. The van der Waals surface area contributed by atoms with E-state index in [1.165, 1.54) is 13.0 Å². The Kier molecular flexibility index (Phi) is 4.69. The van der Waals surface area contributed by atoms with Crippen molar-refractivity contribution in [1.82, 2.24) is 0 Å². The first-order valence-electron chi connectivity index (χ1n) is 5.01. The largest absolute Gasteiger partial charge is 0.478 e. The van der Waals surface area contributed by atoms with Gasteiger partial charge in [-0.3, -0.25) is 0 Å². The van der Waals surface area contributed by atoms with Gasteiger partial charge in [0.25, 0.3) is 0 Å². The van der Waals surface area contributed by atoms with Crippen LogP contribution in [0.3, 0.4) is 0 Å². The monoisotopic (exact) mass is 301 g/mol. The fourth-order valence-electron chi connectivity index (χ4n) is 1.24. The molecule has 0 radical (unpaired) electrons. The average Bonchev–Trinajstić information content (AvgIpc) is 2.25. The molecule has 0 saturated heterocycles. The summed E-state index contributed by atoms with van der Waals surface area (Å²) in [6, 6.07) is 3.05. The second-order valence-electron chi connectivity index (χ2n) is 3.65. The molecule has 1 aromatic rings. The van der Waals surface area contributed by atoms with Gasteiger partial charge < -0.3 is 10.4 Å². The Morgan fingerprint density at radius 3 is 2.82 bits per heavy atom. The fraction of sp³-hybridized carbons (Fsp3) is 0.250. The van der Waals surface area contributed by atoms with E-state index >= 15 is 0 Å². The predicted octanol–water partition coefficient (Wildman–Crippen LogP) is 3.34. The Morgan fingerprint density at radius 2 is 2.24 bits per heavy atom. The maximum atomic E-state index is 13.3. The van der Waals surface area contributed by atoms with E-state index in [0.29, 0.717) is 16.7 Å². The molecule has 0 aromatic heterocycles. The minimum Gasteiger partial charge on any atom is -0.478 e. The van der Waals surface area contributed by atoms with Gasteiger partial charge in [-0.1, -0.05) is 6.08 Å². The Hall–Kier alpha value is -1.36. The predicted molar refractivity (Wildman–Crippen MR) is 68.7 cm³/mol. The van der Waals surface area contributed by atoms with Crippen molar-refractivity contribution in [3.63, 3.8) is 0 Å². The van der Waals surface area contributed by atoms with Gasteiger partial charge in [0.05, 0.1) is 4.47 Å². The molecule has 0 bridgehead atoms. The molecule has 1 aromatic carbocycles. The standard InChI is InChI=1S/C12H13BrFNO2/c1-7(12(16)17)3-4-15-11-6-10(14)9(13)5-8(11)2/h3,5-6,15H,4H2,1-2H3,(H,16,17)/b7-3-. The van der Waals surface area contributed by atoms with E-state index in [2.05, 4.69) is 21.2 Å². The lowest BCUT2D eigenvalue weighted by molar-refractivity contribution is -0.132. The summed E-state index contributed by atoms with van der Waals surface area (Å²) in [4.78, 5) is 10.5. The number of halogens is 2. The van der Waals surface area contributed by atoms with Crippen molar-refractivity contribution < 1.29 is 14.3 Å². The maximum absolute atomic E-state index is 13.3. The van der Waals surface area contributed by atoms with Crippen LogP contribution in [0.2, 0.25) is 0 Å². The van der Waals surface area contributed by atoms with Crippen molar-refractivity contribution in [2.75, 3.05) is 11.9 Å². The molecule has 0 aliphatic rings. The van der Waals surface area contributed by atoms with E-state index in [-0.39, 0.29) is 11.4 Å². The normalized spacial score (nSPS) is 11.4. The van der Waals surface area contributed by atoms with E-state index in [1.54, 1.807) is 12.1 Å². The van der Waals surface area contributed by atoms with Crippen molar-refractivity contribution in [2.45, 2.75) is 13.8 Å². The second kappa shape index (κ2) is 5.82. The van der Waals surface area contributed by atoms with Crippen molar-refractivity contribution in [2.24, 2.45) is 0 Å². The number of benzene rings is 1. The number of carboxylic acids is 1. The van der Waals surface area contributed by atoms with Crippen molar-refractivity contribution in [3.05, 3.63) is 39.6 Å². The topological polar surface area (TPSA) is 49.3 Å². The highest BCUT2D eigenvalue weighted by Gasteiger charge is 2.04. The molecule has 92 valence electrons. The van der Waals surface area contributed by atoms with Crippen LogP contribution in [0.15, 0.2) is 28.3 Å². The molecule has 5 heteroatoms. The number of carboxylic acid groups (broad SMARTS) is 1. The first-order valence-corrected chi connectivity index (χ1v) is 5.80. The molecule has 0 atom stereocenters. The number of hydrogen-bond donors (Lipinski definition) is 2. The molecule has 0 aliphatic heterocycles. The molecule has 3 nitrogen and oxygen atoms in total. The van der Waals surface area contributed by atoms with Crippen molar-refractivity contribution in [3.8, 4) is 0 Å². The minimum atomic E-state index is -0.953. The van der Waals surface area contributed by atoms with Gasteiger partial charge in [-0.05, 0) is 47.5 Å². The molecular formula is C12H13BrFNO2. The van der Waals surface area contributed by atoms with E-state index in [1.807, 2.05) is 6.92 Å². The van der Waals surface area contributed by atoms with Gasteiger partial charge in [-0.15, -0.1) is 0 Å². The van der Waals surface area contributed by atoms with Gasteiger partial charge in [0.1, 0.15) is 5.82 Å². The molecule has 0 saturated carbocycles. The Labute approximate surface area is 107 Å². The van der Waals surface area contributed by atoms with Crippen LogP contribution >= 0.6 is 15.9 Å². The van der Waals surface area contributed by atoms with Gasteiger partial charge in [-0.2, -0.15) is 0 Å². The molecule has 0 amide bonds. The van der Waals surface area contributed by atoms with Crippen LogP contribution in [0, 0.1) is 12.7 Å². The lowest BCUT2D eigenvalue weighted by Gasteiger charge is -2.08. The third-order valence-electron chi connectivity index (χ3n) is 2.31. The van der Waals surface area contributed by atoms with Gasteiger partial charge >= 0.3 is 5.97 Å². The number of aryl methyl sites for hydroxylation is 1. The summed E-state index contributed by atoms with van der Waals surface area (Å²) < 4.78 is 13.7. The summed E-state index contributed by atoms with van der Waals surface area (Å²) in [6.45, 7) is 3.71. The van der Waals surface area contributed by atoms with Gasteiger partial charge in [-0.25, -0.2) is 9.18 Å². The first kappa shape index (κ1) is 13.7. The average molecular weight is 302 g/mol. The van der Waals surface area contributed by atoms with E-state index in [0.717, 1.165) is 5.56 Å². The smallest absolute Gasteiger partial charge is 0.331 e. The first-order chi connectivity index (χ1) is 7.91. The Bertz CT molecular complexity index is 472. The third kappa shape index (κ3) is 3.85. The van der Waals surface area contributed by atoms with Crippen LogP contribution in [0.25, 0.3) is 0 Å². The third-order valence-corrected chi connectivity index (χ3v) is 2.91. The molecule has 0 spiro atoms. The summed E-state index contributed by atoms with van der Waals surface area (Å²) in [5.41, 5.74) is 1.80. The second-order valence-corrected chi connectivity index (χ2v) is 4.51. The molecule has 2 N–H and O–H groups in total. The highest BCUT2D eigenvalue weighted by Crippen LogP contribution is 2.23. The van der Waals surface area contributed by atoms with Gasteiger partial charge in [0.15, 0.2) is 0 Å². The number of anilines is 1. The summed E-state index contributed by atoms with van der Waals surface area (Å²) >= 11 is 3.10. The maximum Gasteiger partial charge on any atom is 0.331 e. The number of carbonyl (C=O) groups is 1. The van der Waals surface area contributed by atoms with E-state index in [9.17, 15) is 9.18 Å². The summed E-state index contributed by atoms with van der Waals surface area (Å²) in [7, 11) is 0. The van der Waals surface area contributed by atoms with Crippen LogP contribution in [-0.2, 0) is 4.79 Å². The Morgan fingerprint density at radius 1 is 1.59 bits per heavy atom. The zero-order chi connectivity index (χ0) is 13.0. The SMILES string of the molecule is C/C(=C/CNc1cc(F)c(Br)cc1C)C(=O)O. The molecule has 0 heterocycles. The van der Waals surface area contributed by atoms with Crippen molar-refractivity contribution in [1.29, 1.82) is 0 Å². The number of nitrogens with one attached hydrogen (secondary N) is 1. The molecule has 0 unspecified atom stereocenters. The summed E-state index contributed by atoms with van der Waals surface area (Å²) in [5, 5.41) is 11.6. The molecule has 17 heavy (non-hydrogen) atoms. The highest BCUT2D eigenvalue weighted by molar-refractivity contribution is 9.10. The van der Waals surface area contributed by atoms with Crippen LogP contribution in [0.5, 0.6) is 0 Å². The molecule has 0 aliphatic carbocycles. The highest BCUT2D eigenvalue weighted by atomic mass is 79.9. The number of hydrogen-bond acceptors (Lipinski definition) is 2. The van der Waals surface area contributed by atoms with E-state index in [4.69, 9.17) is 5.11 Å². The molecule has 0 fully saturated rings. The molecule has 1 rings (SSSR count). The van der Waals surface area contributed by atoms with Crippen LogP contribution in [-0.4, -0.2) is 17.6 Å². The minimum absolute atomic E-state index is 0.257. The molecular weight excluding hydrogens is 289 g/mol. The van der Waals surface area contributed by atoms with Gasteiger partial charge in [0, 0.05) is 17.8 Å². The van der Waals surface area contributed by atoms with Crippen LogP contribution in [0.1, 0.15) is 12.5 Å².